The first kappa shape index (κ1) is 11.6. The highest BCUT2D eigenvalue weighted by Gasteiger charge is 2.35. The number of hydrogen-bond acceptors (Lipinski definition) is 2. The molecule has 92 valence electrons. The lowest BCUT2D eigenvalue weighted by Gasteiger charge is -2.44. The van der Waals surface area contributed by atoms with Gasteiger partial charge in [0.1, 0.15) is 0 Å². The summed E-state index contributed by atoms with van der Waals surface area (Å²) in [5, 5.41) is 0. The third-order valence-corrected chi connectivity index (χ3v) is 5.32. The minimum absolute atomic E-state index is 0.795. The number of thioether (sulfide) groups is 1. The Hall–Kier alpha value is -0.470. The minimum atomic E-state index is 0.795. The van der Waals surface area contributed by atoms with E-state index in [4.69, 9.17) is 0 Å². The van der Waals surface area contributed by atoms with E-state index in [1.807, 2.05) is 0 Å². The van der Waals surface area contributed by atoms with Crippen molar-refractivity contribution in [2.75, 3.05) is 18.8 Å². The van der Waals surface area contributed by atoms with Crippen LogP contribution in [0.4, 0.5) is 0 Å². The van der Waals surface area contributed by atoms with Crippen molar-refractivity contribution < 1.29 is 0 Å². The van der Waals surface area contributed by atoms with Crippen LogP contribution in [0.15, 0.2) is 29.2 Å². The largest absolute Gasteiger partial charge is 0.299 e. The average Bonchev–Trinajstić information content (AvgIpc) is 2.39. The fourth-order valence-electron chi connectivity index (χ4n) is 3.37. The van der Waals surface area contributed by atoms with Crippen molar-refractivity contribution in [1.82, 2.24) is 4.90 Å². The van der Waals surface area contributed by atoms with Crippen LogP contribution in [-0.4, -0.2) is 29.8 Å². The zero-order chi connectivity index (χ0) is 11.7. The topological polar surface area (TPSA) is 3.24 Å². The summed E-state index contributed by atoms with van der Waals surface area (Å²) >= 11 is 2.06. The summed E-state index contributed by atoms with van der Waals surface area (Å²) < 4.78 is 0. The van der Waals surface area contributed by atoms with Gasteiger partial charge < -0.3 is 0 Å². The lowest BCUT2D eigenvalue weighted by atomic mass is 9.83. The van der Waals surface area contributed by atoms with Crippen LogP contribution in [0.5, 0.6) is 0 Å². The number of rotatable bonds is 2. The molecule has 0 N–H and O–H groups in total. The molecule has 0 radical (unpaired) electrons. The van der Waals surface area contributed by atoms with Crippen LogP contribution in [0.1, 0.15) is 37.7 Å². The monoisotopic (exact) mass is 247 g/mol. The zero-order valence-electron chi connectivity index (χ0n) is 10.6. The summed E-state index contributed by atoms with van der Waals surface area (Å²) in [5.41, 5.74) is 1.62. The Morgan fingerprint density at radius 3 is 3.12 bits per heavy atom. The molecule has 17 heavy (non-hydrogen) atoms. The summed E-state index contributed by atoms with van der Waals surface area (Å²) in [6.07, 6.45) is 4.05. The molecule has 2 heteroatoms. The maximum atomic E-state index is 2.73. The lowest BCUT2D eigenvalue weighted by molar-refractivity contribution is 0.139. The van der Waals surface area contributed by atoms with E-state index in [1.54, 1.807) is 5.56 Å². The highest BCUT2D eigenvalue weighted by molar-refractivity contribution is 7.99. The molecule has 1 saturated heterocycles. The first-order valence-electron chi connectivity index (χ1n) is 6.86. The van der Waals surface area contributed by atoms with E-state index < -0.39 is 0 Å². The van der Waals surface area contributed by atoms with Crippen molar-refractivity contribution in [3.63, 3.8) is 0 Å². The van der Waals surface area contributed by atoms with Crippen LogP contribution in [0, 0.1) is 0 Å². The SMILES string of the molecule is CCCN1CCC[C@H]2c3ccccc3SC[C@@H]21. The molecule has 0 aliphatic carbocycles. The van der Waals surface area contributed by atoms with E-state index in [-0.39, 0.29) is 0 Å². The predicted octanol–water partition coefficient (Wildman–Crippen LogP) is 3.75. The maximum absolute atomic E-state index is 2.73. The Bertz CT molecular complexity index is 388. The van der Waals surface area contributed by atoms with Crippen molar-refractivity contribution in [3.8, 4) is 0 Å². The maximum Gasteiger partial charge on any atom is 0.0258 e. The van der Waals surface area contributed by atoms with Crippen LogP contribution >= 0.6 is 11.8 Å². The number of nitrogens with zero attached hydrogens (tertiary/aromatic N) is 1. The highest BCUT2D eigenvalue weighted by atomic mass is 32.2. The van der Waals surface area contributed by atoms with Crippen LogP contribution in [0.2, 0.25) is 0 Å². The van der Waals surface area contributed by atoms with Gasteiger partial charge in [0.25, 0.3) is 0 Å². The van der Waals surface area contributed by atoms with Gasteiger partial charge in [-0.25, -0.2) is 0 Å². The van der Waals surface area contributed by atoms with Crippen molar-refractivity contribution in [3.05, 3.63) is 29.8 Å². The Morgan fingerprint density at radius 1 is 1.35 bits per heavy atom. The Morgan fingerprint density at radius 2 is 2.24 bits per heavy atom. The molecule has 1 aromatic rings. The van der Waals surface area contributed by atoms with Gasteiger partial charge in [-0.05, 0) is 44.0 Å². The molecule has 0 aromatic heterocycles. The third kappa shape index (κ3) is 2.13. The molecular weight excluding hydrogens is 226 g/mol. The molecule has 2 atom stereocenters. The van der Waals surface area contributed by atoms with Gasteiger partial charge in [-0.3, -0.25) is 4.90 Å². The third-order valence-electron chi connectivity index (χ3n) is 4.13. The van der Waals surface area contributed by atoms with Gasteiger partial charge in [-0.2, -0.15) is 0 Å². The molecule has 1 fully saturated rings. The molecule has 0 unspecified atom stereocenters. The first-order chi connectivity index (χ1) is 8.40. The molecular formula is C15H21NS. The van der Waals surface area contributed by atoms with Crippen molar-refractivity contribution in [2.45, 2.75) is 43.0 Å². The summed E-state index contributed by atoms with van der Waals surface area (Å²) in [4.78, 5) is 4.27. The van der Waals surface area contributed by atoms with E-state index in [9.17, 15) is 0 Å². The number of benzene rings is 1. The highest BCUT2D eigenvalue weighted by Crippen LogP contribution is 2.43. The number of fused-ring (bicyclic) bond motifs is 3. The van der Waals surface area contributed by atoms with Crippen molar-refractivity contribution >= 4 is 11.8 Å². The van der Waals surface area contributed by atoms with Gasteiger partial charge in [-0.1, -0.05) is 25.1 Å². The van der Waals surface area contributed by atoms with Gasteiger partial charge in [0.15, 0.2) is 0 Å². The molecule has 1 nitrogen and oxygen atoms in total. The molecule has 2 aliphatic rings. The average molecular weight is 247 g/mol. The minimum Gasteiger partial charge on any atom is -0.299 e. The molecule has 0 bridgehead atoms. The smallest absolute Gasteiger partial charge is 0.0258 e. The molecule has 0 spiro atoms. The summed E-state index contributed by atoms with van der Waals surface area (Å²) in [6.45, 7) is 4.90. The van der Waals surface area contributed by atoms with Gasteiger partial charge in [0, 0.05) is 22.6 Å². The second-order valence-corrected chi connectivity index (χ2v) is 6.26. The summed E-state index contributed by atoms with van der Waals surface area (Å²) in [5.74, 6) is 2.09. The second-order valence-electron chi connectivity index (χ2n) is 5.20. The second kappa shape index (κ2) is 5.03. The Labute approximate surface area is 109 Å². The van der Waals surface area contributed by atoms with Crippen LogP contribution in [0.3, 0.4) is 0 Å². The normalized spacial score (nSPS) is 28.5. The molecule has 0 saturated carbocycles. The van der Waals surface area contributed by atoms with Crippen molar-refractivity contribution in [2.24, 2.45) is 0 Å². The van der Waals surface area contributed by atoms with E-state index in [0.717, 1.165) is 12.0 Å². The van der Waals surface area contributed by atoms with E-state index in [0.29, 0.717) is 0 Å². The van der Waals surface area contributed by atoms with E-state index in [2.05, 4.69) is 47.9 Å². The Balaban J connectivity index is 1.88. The van der Waals surface area contributed by atoms with Gasteiger partial charge in [-0.15, -0.1) is 11.8 Å². The fourth-order valence-corrected chi connectivity index (χ4v) is 4.72. The van der Waals surface area contributed by atoms with Gasteiger partial charge in [0.05, 0.1) is 0 Å². The number of piperidine rings is 1. The number of likely N-dealkylation sites (tertiary alicyclic amines) is 1. The van der Waals surface area contributed by atoms with Gasteiger partial charge in [0.2, 0.25) is 0 Å². The van der Waals surface area contributed by atoms with Crippen LogP contribution in [0.25, 0.3) is 0 Å². The molecule has 0 amide bonds. The molecule has 2 heterocycles. The lowest BCUT2D eigenvalue weighted by Crippen LogP contribution is -2.47. The summed E-state index contributed by atoms with van der Waals surface area (Å²) in [6, 6.07) is 9.84. The van der Waals surface area contributed by atoms with E-state index in [1.165, 1.54) is 43.0 Å². The van der Waals surface area contributed by atoms with Crippen LogP contribution in [-0.2, 0) is 0 Å². The standard InChI is InChI=1S/C15H21NS/c1-2-9-16-10-5-7-12-13-6-3-4-8-15(13)17-11-14(12)16/h3-4,6,8,12,14H,2,5,7,9-11H2,1H3/t12-,14-/m0/s1. The zero-order valence-corrected chi connectivity index (χ0v) is 11.4. The first-order valence-corrected chi connectivity index (χ1v) is 7.84. The quantitative estimate of drug-likeness (QED) is 0.783. The van der Waals surface area contributed by atoms with Crippen LogP contribution < -0.4 is 0 Å². The fraction of sp³-hybridized carbons (Fsp3) is 0.600. The number of hydrogen-bond donors (Lipinski definition) is 0. The van der Waals surface area contributed by atoms with E-state index >= 15 is 0 Å². The Kier molecular flexibility index (Phi) is 3.44. The molecule has 1 aromatic carbocycles. The molecule has 3 rings (SSSR count). The molecule has 2 aliphatic heterocycles. The van der Waals surface area contributed by atoms with Crippen molar-refractivity contribution in [1.29, 1.82) is 0 Å². The predicted molar refractivity (Wildman–Crippen MR) is 74.8 cm³/mol. The van der Waals surface area contributed by atoms with Gasteiger partial charge >= 0.3 is 0 Å². The summed E-state index contributed by atoms with van der Waals surface area (Å²) in [7, 11) is 0.